The minimum absolute atomic E-state index is 0.530. The molecule has 3 fully saturated rings. The van der Waals surface area contributed by atoms with Gasteiger partial charge in [0.05, 0.1) is 0 Å². The summed E-state index contributed by atoms with van der Waals surface area (Å²) in [5, 5.41) is 3.25. The van der Waals surface area contributed by atoms with E-state index in [0.29, 0.717) is 5.92 Å². The normalized spacial score (nSPS) is 41.7. The zero-order chi connectivity index (χ0) is 10.3. The molecular formula is C12H21NOS. The summed E-state index contributed by atoms with van der Waals surface area (Å²) in [5.74, 6) is 5.45. The molecule has 86 valence electrons. The Labute approximate surface area is 94.7 Å². The maximum Gasteiger partial charge on any atom is 0.0287 e. The average Bonchev–Trinajstić information content (AvgIpc) is 2.72. The van der Waals surface area contributed by atoms with Crippen molar-refractivity contribution in [3.8, 4) is 0 Å². The van der Waals surface area contributed by atoms with Crippen LogP contribution in [0.25, 0.3) is 0 Å². The summed E-state index contributed by atoms with van der Waals surface area (Å²) in [7, 11) is -0.530. The molecule has 0 aromatic carbocycles. The molecule has 0 aromatic heterocycles. The lowest BCUT2D eigenvalue weighted by Gasteiger charge is -2.28. The Morgan fingerprint density at radius 2 is 2.00 bits per heavy atom. The van der Waals surface area contributed by atoms with Gasteiger partial charge in [-0.2, -0.15) is 0 Å². The van der Waals surface area contributed by atoms with Crippen molar-refractivity contribution in [3.63, 3.8) is 0 Å². The first-order chi connectivity index (χ1) is 7.31. The SMILES string of the molecule is O=S(CC1CNC1)CC1CC2CCC1C2. The van der Waals surface area contributed by atoms with Crippen LogP contribution in [-0.4, -0.2) is 28.8 Å². The highest BCUT2D eigenvalue weighted by Crippen LogP contribution is 2.48. The standard InChI is InChI=1S/C12H21NOS/c14-15(7-10-5-13-6-10)8-12-4-9-1-2-11(12)3-9/h9-13H,1-8H2. The summed E-state index contributed by atoms with van der Waals surface area (Å²) >= 11 is 0. The van der Waals surface area contributed by atoms with E-state index >= 15 is 0 Å². The highest BCUT2D eigenvalue weighted by atomic mass is 32.2. The van der Waals surface area contributed by atoms with Crippen molar-refractivity contribution in [1.82, 2.24) is 5.32 Å². The number of hydrogen-bond acceptors (Lipinski definition) is 2. The third-order valence-corrected chi connectivity index (χ3v) is 6.22. The van der Waals surface area contributed by atoms with E-state index in [-0.39, 0.29) is 0 Å². The van der Waals surface area contributed by atoms with Crippen LogP contribution in [0.5, 0.6) is 0 Å². The quantitative estimate of drug-likeness (QED) is 0.786. The van der Waals surface area contributed by atoms with Crippen LogP contribution < -0.4 is 5.32 Å². The van der Waals surface area contributed by atoms with E-state index in [1.54, 1.807) is 0 Å². The second-order valence-electron chi connectivity index (χ2n) is 5.73. The fourth-order valence-corrected chi connectivity index (χ4v) is 5.40. The van der Waals surface area contributed by atoms with E-state index in [1.165, 1.54) is 25.7 Å². The predicted molar refractivity (Wildman–Crippen MR) is 63.2 cm³/mol. The summed E-state index contributed by atoms with van der Waals surface area (Å²) in [6, 6.07) is 0. The minimum atomic E-state index is -0.530. The summed E-state index contributed by atoms with van der Waals surface area (Å²) < 4.78 is 12.0. The van der Waals surface area contributed by atoms with E-state index < -0.39 is 10.8 Å². The highest BCUT2D eigenvalue weighted by Gasteiger charge is 2.40. The molecule has 4 unspecified atom stereocenters. The molecule has 2 bridgehead atoms. The monoisotopic (exact) mass is 227 g/mol. The zero-order valence-corrected chi connectivity index (χ0v) is 10.1. The molecule has 1 saturated heterocycles. The van der Waals surface area contributed by atoms with Crippen LogP contribution in [0.2, 0.25) is 0 Å². The third kappa shape index (κ3) is 2.14. The first-order valence-corrected chi connectivity index (χ1v) is 7.85. The molecule has 1 aliphatic heterocycles. The molecule has 1 N–H and O–H groups in total. The summed E-state index contributed by atoms with van der Waals surface area (Å²) in [6.07, 6.45) is 5.73. The molecule has 3 rings (SSSR count). The van der Waals surface area contributed by atoms with Gasteiger partial charge in [-0.1, -0.05) is 6.42 Å². The molecule has 3 heteroatoms. The van der Waals surface area contributed by atoms with E-state index in [0.717, 1.165) is 42.3 Å². The average molecular weight is 227 g/mol. The van der Waals surface area contributed by atoms with Crippen molar-refractivity contribution in [2.45, 2.75) is 25.7 Å². The summed E-state index contributed by atoms with van der Waals surface area (Å²) in [5.41, 5.74) is 0. The van der Waals surface area contributed by atoms with Crippen molar-refractivity contribution in [2.24, 2.45) is 23.7 Å². The van der Waals surface area contributed by atoms with Gasteiger partial charge in [0.25, 0.3) is 0 Å². The van der Waals surface area contributed by atoms with Gasteiger partial charge in [0.15, 0.2) is 0 Å². The maximum atomic E-state index is 12.0. The van der Waals surface area contributed by atoms with Gasteiger partial charge in [-0.05, 0) is 42.9 Å². The van der Waals surface area contributed by atoms with Crippen LogP contribution in [-0.2, 0) is 10.8 Å². The second-order valence-corrected chi connectivity index (χ2v) is 7.28. The second kappa shape index (κ2) is 4.17. The number of rotatable bonds is 4. The first-order valence-electron chi connectivity index (χ1n) is 6.37. The fourth-order valence-electron chi connectivity index (χ4n) is 3.62. The zero-order valence-electron chi connectivity index (χ0n) is 9.28. The van der Waals surface area contributed by atoms with E-state index in [1.807, 2.05) is 0 Å². The van der Waals surface area contributed by atoms with Gasteiger partial charge < -0.3 is 5.32 Å². The van der Waals surface area contributed by atoms with Gasteiger partial charge in [0.1, 0.15) is 0 Å². The highest BCUT2D eigenvalue weighted by molar-refractivity contribution is 7.85. The minimum Gasteiger partial charge on any atom is -0.316 e. The van der Waals surface area contributed by atoms with Gasteiger partial charge in [-0.25, -0.2) is 0 Å². The smallest absolute Gasteiger partial charge is 0.0287 e. The largest absolute Gasteiger partial charge is 0.316 e. The Morgan fingerprint density at radius 1 is 1.13 bits per heavy atom. The topological polar surface area (TPSA) is 29.1 Å². The van der Waals surface area contributed by atoms with Crippen LogP contribution in [0.1, 0.15) is 25.7 Å². The molecule has 0 radical (unpaired) electrons. The van der Waals surface area contributed by atoms with Crippen LogP contribution in [0, 0.1) is 23.7 Å². The molecule has 2 aliphatic carbocycles. The lowest BCUT2D eigenvalue weighted by Crippen LogP contribution is -2.45. The molecule has 2 nitrogen and oxygen atoms in total. The van der Waals surface area contributed by atoms with Crippen LogP contribution in [0.15, 0.2) is 0 Å². The van der Waals surface area contributed by atoms with Gasteiger partial charge in [-0.3, -0.25) is 4.21 Å². The Morgan fingerprint density at radius 3 is 2.53 bits per heavy atom. The molecule has 2 saturated carbocycles. The first kappa shape index (κ1) is 10.3. The predicted octanol–water partition coefficient (Wildman–Crippen LogP) is 1.39. The van der Waals surface area contributed by atoms with Crippen molar-refractivity contribution in [2.75, 3.05) is 24.6 Å². The maximum absolute atomic E-state index is 12.0. The van der Waals surface area contributed by atoms with Crippen LogP contribution in [0.4, 0.5) is 0 Å². The van der Waals surface area contributed by atoms with E-state index in [2.05, 4.69) is 5.32 Å². The lowest BCUT2D eigenvalue weighted by atomic mass is 9.90. The third-order valence-electron chi connectivity index (χ3n) is 4.57. The molecule has 3 aliphatic rings. The summed E-state index contributed by atoms with van der Waals surface area (Å²) in [4.78, 5) is 0. The van der Waals surface area contributed by atoms with Crippen LogP contribution in [0.3, 0.4) is 0 Å². The molecule has 0 spiro atoms. The number of hydrogen-bond donors (Lipinski definition) is 1. The van der Waals surface area contributed by atoms with Crippen molar-refractivity contribution in [3.05, 3.63) is 0 Å². The van der Waals surface area contributed by atoms with Gasteiger partial charge in [0.2, 0.25) is 0 Å². The van der Waals surface area contributed by atoms with E-state index in [4.69, 9.17) is 0 Å². The van der Waals surface area contributed by atoms with Gasteiger partial charge in [-0.15, -0.1) is 0 Å². The summed E-state index contributed by atoms with van der Waals surface area (Å²) in [6.45, 7) is 2.20. The molecule has 0 amide bonds. The van der Waals surface area contributed by atoms with Crippen molar-refractivity contribution >= 4 is 10.8 Å². The lowest BCUT2D eigenvalue weighted by molar-refractivity contribution is 0.359. The Bertz CT molecular complexity index is 264. The molecular weight excluding hydrogens is 206 g/mol. The van der Waals surface area contributed by atoms with Gasteiger partial charge >= 0.3 is 0 Å². The Kier molecular flexibility index (Phi) is 2.86. The Balaban J connectivity index is 1.46. The Hall–Kier alpha value is 0.110. The number of fused-ring (bicyclic) bond motifs is 2. The number of nitrogens with one attached hydrogen (secondary N) is 1. The van der Waals surface area contributed by atoms with Crippen LogP contribution >= 0.6 is 0 Å². The molecule has 4 atom stereocenters. The van der Waals surface area contributed by atoms with Crippen molar-refractivity contribution in [1.29, 1.82) is 0 Å². The fraction of sp³-hybridized carbons (Fsp3) is 1.00. The molecule has 0 aromatic rings. The molecule has 1 heterocycles. The van der Waals surface area contributed by atoms with Crippen molar-refractivity contribution < 1.29 is 4.21 Å². The van der Waals surface area contributed by atoms with E-state index in [9.17, 15) is 4.21 Å². The van der Waals surface area contributed by atoms with Gasteiger partial charge in [0, 0.05) is 35.4 Å². The molecule has 15 heavy (non-hydrogen) atoms.